The molecule has 1 aromatic heterocycles. The standard InChI is InChI=1S/C11H19N3O2S/c1-3-7(4-2)9(15)5-13-10(16)8-6-17-11(12)14-8/h6-7,9,15H,3-5H2,1-2H3,(H2,12,14)(H,13,16). The van der Waals surface area contributed by atoms with Crippen molar-refractivity contribution in [3.05, 3.63) is 11.1 Å². The number of aliphatic hydroxyl groups is 1. The summed E-state index contributed by atoms with van der Waals surface area (Å²) >= 11 is 1.23. The van der Waals surface area contributed by atoms with Crippen LogP contribution in [0, 0.1) is 5.92 Å². The number of hydrogen-bond donors (Lipinski definition) is 3. The molecule has 0 saturated heterocycles. The summed E-state index contributed by atoms with van der Waals surface area (Å²) < 4.78 is 0. The van der Waals surface area contributed by atoms with E-state index < -0.39 is 6.10 Å². The minimum atomic E-state index is -0.509. The minimum Gasteiger partial charge on any atom is -0.391 e. The molecular formula is C11H19N3O2S. The van der Waals surface area contributed by atoms with Gasteiger partial charge in [0.1, 0.15) is 5.69 Å². The Bertz CT molecular complexity index is 363. The van der Waals surface area contributed by atoms with Gasteiger partial charge in [0.25, 0.3) is 5.91 Å². The predicted molar refractivity (Wildman–Crippen MR) is 68.9 cm³/mol. The van der Waals surface area contributed by atoms with Crippen molar-refractivity contribution in [3.63, 3.8) is 0 Å². The summed E-state index contributed by atoms with van der Waals surface area (Å²) in [6, 6.07) is 0. The largest absolute Gasteiger partial charge is 0.391 e. The zero-order valence-electron chi connectivity index (χ0n) is 10.1. The molecule has 5 nitrogen and oxygen atoms in total. The summed E-state index contributed by atoms with van der Waals surface area (Å²) in [5.74, 6) is -0.0706. The van der Waals surface area contributed by atoms with E-state index in [1.54, 1.807) is 5.38 Å². The Morgan fingerprint density at radius 2 is 2.24 bits per heavy atom. The van der Waals surface area contributed by atoms with Gasteiger partial charge in [0.05, 0.1) is 6.10 Å². The van der Waals surface area contributed by atoms with Gasteiger partial charge in [-0.05, 0) is 5.92 Å². The molecule has 0 fully saturated rings. The lowest BCUT2D eigenvalue weighted by molar-refractivity contribution is 0.0813. The quantitative estimate of drug-likeness (QED) is 0.715. The Hall–Kier alpha value is -1.14. The highest BCUT2D eigenvalue weighted by atomic mass is 32.1. The number of anilines is 1. The third-order valence-corrected chi connectivity index (χ3v) is 3.49. The first-order valence-electron chi connectivity index (χ1n) is 5.75. The number of amides is 1. The maximum Gasteiger partial charge on any atom is 0.270 e. The summed E-state index contributed by atoms with van der Waals surface area (Å²) in [5.41, 5.74) is 5.75. The predicted octanol–water partition coefficient (Wildman–Crippen LogP) is 1.25. The van der Waals surface area contributed by atoms with Crippen LogP contribution in [0.15, 0.2) is 5.38 Å². The Kier molecular flexibility index (Phi) is 5.37. The van der Waals surface area contributed by atoms with E-state index in [-0.39, 0.29) is 18.4 Å². The van der Waals surface area contributed by atoms with Crippen molar-refractivity contribution in [1.82, 2.24) is 10.3 Å². The molecule has 0 aliphatic heterocycles. The highest BCUT2D eigenvalue weighted by Gasteiger charge is 2.17. The fourth-order valence-electron chi connectivity index (χ4n) is 1.68. The molecule has 0 aromatic carbocycles. The molecule has 0 aliphatic rings. The van der Waals surface area contributed by atoms with Crippen molar-refractivity contribution in [2.45, 2.75) is 32.8 Å². The number of nitrogen functional groups attached to an aromatic ring is 1. The minimum absolute atomic E-state index is 0.218. The van der Waals surface area contributed by atoms with E-state index in [1.165, 1.54) is 11.3 Å². The Balaban J connectivity index is 2.43. The van der Waals surface area contributed by atoms with Crippen molar-refractivity contribution in [2.75, 3.05) is 12.3 Å². The molecule has 0 aliphatic carbocycles. The van der Waals surface area contributed by atoms with Crippen LogP contribution >= 0.6 is 11.3 Å². The second kappa shape index (κ2) is 6.56. The number of rotatable bonds is 6. The van der Waals surface area contributed by atoms with Crippen LogP contribution in [0.3, 0.4) is 0 Å². The van der Waals surface area contributed by atoms with Gasteiger partial charge in [-0.3, -0.25) is 4.79 Å². The maximum absolute atomic E-state index is 11.6. The van der Waals surface area contributed by atoms with Gasteiger partial charge in [0, 0.05) is 11.9 Å². The van der Waals surface area contributed by atoms with Gasteiger partial charge in [-0.2, -0.15) is 0 Å². The van der Waals surface area contributed by atoms with Gasteiger partial charge in [-0.25, -0.2) is 4.98 Å². The van der Waals surface area contributed by atoms with E-state index in [9.17, 15) is 9.90 Å². The van der Waals surface area contributed by atoms with Crippen LogP contribution in [-0.2, 0) is 0 Å². The fraction of sp³-hybridized carbons (Fsp3) is 0.636. The molecule has 96 valence electrons. The van der Waals surface area contributed by atoms with E-state index >= 15 is 0 Å². The topological polar surface area (TPSA) is 88.2 Å². The molecule has 1 atom stereocenters. The van der Waals surface area contributed by atoms with E-state index in [0.29, 0.717) is 10.8 Å². The lowest BCUT2D eigenvalue weighted by Crippen LogP contribution is -2.36. The second-order valence-electron chi connectivity index (χ2n) is 3.92. The zero-order valence-corrected chi connectivity index (χ0v) is 11.0. The van der Waals surface area contributed by atoms with Crippen LogP contribution in [0.1, 0.15) is 37.2 Å². The molecule has 1 amide bonds. The number of hydrogen-bond acceptors (Lipinski definition) is 5. The Morgan fingerprint density at radius 3 is 2.71 bits per heavy atom. The third kappa shape index (κ3) is 3.98. The second-order valence-corrected chi connectivity index (χ2v) is 4.81. The van der Waals surface area contributed by atoms with E-state index in [2.05, 4.69) is 10.3 Å². The third-order valence-electron chi connectivity index (χ3n) is 2.82. The first-order chi connectivity index (χ1) is 8.08. The summed E-state index contributed by atoms with van der Waals surface area (Å²) in [7, 11) is 0. The SMILES string of the molecule is CCC(CC)C(O)CNC(=O)c1csc(N)n1. The van der Waals surface area contributed by atoms with Crippen LogP contribution in [0.25, 0.3) is 0 Å². The summed E-state index contributed by atoms with van der Waals surface area (Å²) in [5, 5.41) is 14.5. The first kappa shape index (κ1) is 13.9. The first-order valence-corrected chi connectivity index (χ1v) is 6.63. The Morgan fingerprint density at radius 1 is 1.59 bits per heavy atom. The van der Waals surface area contributed by atoms with Crippen LogP contribution in [-0.4, -0.2) is 28.6 Å². The number of nitrogens with zero attached hydrogens (tertiary/aromatic N) is 1. The van der Waals surface area contributed by atoms with Crippen LogP contribution in [0.2, 0.25) is 0 Å². The number of carbonyl (C=O) groups excluding carboxylic acids is 1. The monoisotopic (exact) mass is 257 g/mol. The van der Waals surface area contributed by atoms with Gasteiger partial charge in [-0.15, -0.1) is 11.3 Å². The van der Waals surface area contributed by atoms with Gasteiger partial charge in [-0.1, -0.05) is 26.7 Å². The van der Waals surface area contributed by atoms with Crippen LogP contribution < -0.4 is 11.1 Å². The van der Waals surface area contributed by atoms with Crippen molar-refractivity contribution >= 4 is 22.4 Å². The van der Waals surface area contributed by atoms with Crippen molar-refractivity contribution in [3.8, 4) is 0 Å². The van der Waals surface area contributed by atoms with Gasteiger partial charge in [0.15, 0.2) is 5.13 Å². The van der Waals surface area contributed by atoms with E-state index in [4.69, 9.17) is 5.73 Å². The fourth-order valence-corrected chi connectivity index (χ4v) is 2.22. The number of aromatic nitrogens is 1. The molecule has 0 spiro atoms. The summed E-state index contributed by atoms with van der Waals surface area (Å²) in [4.78, 5) is 15.5. The van der Waals surface area contributed by atoms with Crippen molar-refractivity contribution in [1.29, 1.82) is 0 Å². The van der Waals surface area contributed by atoms with E-state index in [1.807, 2.05) is 13.8 Å². The van der Waals surface area contributed by atoms with Crippen molar-refractivity contribution in [2.24, 2.45) is 5.92 Å². The molecule has 1 rings (SSSR count). The zero-order chi connectivity index (χ0) is 12.8. The molecule has 1 aromatic rings. The average Bonchev–Trinajstić information content (AvgIpc) is 2.74. The average molecular weight is 257 g/mol. The highest BCUT2D eigenvalue weighted by molar-refractivity contribution is 7.13. The smallest absolute Gasteiger partial charge is 0.270 e. The molecule has 0 saturated carbocycles. The molecule has 1 heterocycles. The number of nitrogens with one attached hydrogen (secondary N) is 1. The molecule has 0 radical (unpaired) electrons. The number of thiazole rings is 1. The van der Waals surface area contributed by atoms with Crippen LogP contribution in [0.5, 0.6) is 0 Å². The van der Waals surface area contributed by atoms with Gasteiger partial charge in [0.2, 0.25) is 0 Å². The molecule has 0 bridgehead atoms. The lowest BCUT2D eigenvalue weighted by Gasteiger charge is -2.19. The van der Waals surface area contributed by atoms with Gasteiger partial charge >= 0.3 is 0 Å². The molecule has 1 unspecified atom stereocenters. The normalized spacial score (nSPS) is 12.7. The highest BCUT2D eigenvalue weighted by Crippen LogP contribution is 2.13. The van der Waals surface area contributed by atoms with E-state index in [0.717, 1.165) is 12.8 Å². The number of nitrogens with two attached hydrogens (primary N) is 1. The lowest BCUT2D eigenvalue weighted by atomic mass is 9.96. The van der Waals surface area contributed by atoms with Crippen molar-refractivity contribution < 1.29 is 9.90 Å². The molecule has 4 N–H and O–H groups in total. The maximum atomic E-state index is 11.6. The molecular weight excluding hydrogens is 238 g/mol. The summed E-state index contributed by atoms with van der Waals surface area (Å²) in [6.07, 6.45) is 1.29. The molecule has 17 heavy (non-hydrogen) atoms. The Labute approximate surface area is 105 Å². The van der Waals surface area contributed by atoms with Crippen LogP contribution in [0.4, 0.5) is 5.13 Å². The summed E-state index contributed by atoms with van der Waals surface area (Å²) in [6.45, 7) is 4.31. The van der Waals surface area contributed by atoms with Gasteiger partial charge < -0.3 is 16.2 Å². The number of aliphatic hydroxyl groups excluding tert-OH is 1. The molecule has 6 heteroatoms. The number of carbonyl (C=O) groups is 1.